The van der Waals surface area contributed by atoms with E-state index in [-0.39, 0.29) is 38.4 Å². The molecule has 296 valence electrons. The van der Waals surface area contributed by atoms with E-state index in [4.69, 9.17) is 40.0 Å². The summed E-state index contributed by atoms with van der Waals surface area (Å²) in [4.78, 5) is 25.4. The number of hydrogen-bond donors (Lipinski definition) is 0. The first-order chi connectivity index (χ1) is 25.9. The van der Waals surface area contributed by atoms with E-state index in [0.717, 1.165) is 72.9 Å². The number of halogens is 1. The minimum absolute atomic E-state index is 0.116. The van der Waals surface area contributed by atoms with Gasteiger partial charge in [0.05, 0.1) is 13.2 Å². The van der Waals surface area contributed by atoms with Crippen molar-refractivity contribution in [2.75, 3.05) is 39.6 Å². The Kier molecular flexibility index (Phi) is 22.3. The summed E-state index contributed by atoms with van der Waals surface area (Å²) in [6, 6.07) is 13.5. The first kappa shape index (κ1) is 44.3. The van der Waals surface area contributed by atoms with E-state index in [1.807, 2.05) is 42.5 Å². The largest absolute Gasteiger partial charge is 0.488 e. The molecular weight excluding hydrogens is 692 g/mol. The van der Waals surface area contributed by atoms with E-state index < -0.39 is 12.2 Å². The number of esters is 2. The van der Waals surface area contributed by atoms with Crippen LogP contribution in [0.25, 0.3) is 21.5 Å². The second kappa shape index (κ2) is 26.7. The molecule has 0 aliphatic heterocycles. The molecule has 0 saturated heterocycles. The fourth-order valence-electron chi connectivity index (χ4n) is 6.14. The number of unbranched alkanes of at least 4 members (excludes halogenated alkanes) is 10. The normalized spacial score (nSPS) is 12.5. The zero-order chi connectivity index (χ0) is 38.1. The van der Waals surface area contributed by atoms with Gasteiger partial charge in [-0.2, -0.15) is 0 Å². The molecule has 0 N–H and O–H groups in total. The number of benzene rings is 3. The van der Waals surface area contributed by atoms with E-state index in [1.54, 1.807) is 0 Å². The number of rotatable bonds is 30. The average molecular weight is 757 g/mol. The van der Waals surface area contributed by atoms with E-state index in [2.05, 4.69) is 27.7 Å². The summed E-state index contributed by atoms with van der Waals surface area (Å²) >= 11 is 6.58. The van der Waals surface area contributed by atoms with Crippen LogP contribution >= 0.6 is 11.6 Å². The standard InChI is InChI=1S/C44H65ClO8/c1-5-9-13-15-19-27-48-30-35(52-41(46)23-11-7-3)32-50-43-37-21-17-18-22-38(37)44(40-29-34(45)25-26-39(40)43)51-33-36(53-42(47)24-12-8-4)31-49-28-20-16-14-10-6-2/h17-18,21-22,25-26,29,35-36H,5-16,19-20,23-24,27-28,30-33H2,1-4H3. The SMILES string of the molecule is CCCCCCCOCC(COc1c2ccccc2c(OCC(COCCCCCCC)OC(=O)CCCC)c2cc(Cl)ccc12)OC(=O)CCCC. The predicted octanol–water partition coefficient (Wildman–Crippen LogP) is 11.6. The minimum Gasteiger partial charge on any atom is -0.488 e. The Labute approximate surface area is 323 Å². The van der Waals surface area contributed by atoms with Crippen LogP contribution in [-0.2, 0) is 28.5 Å². The summed E-state index contributed by atoms with van der Waals surface area (Å²) in [7, 11) is 0. The van der Waals surface area contributed by atoms with Crippen LogP contribution in [0.2, 0.25) is 5.02 Å². The van der Waals surface area contributed by atoms with Gasteiger partial charge >= 0.3 is 11.9 Å². The van der Waals surface area contributed by atoms with Crippen molar-refractivity contribution in [2.45, 2.75) is 143 Å². The molecule has 0 saturated carbocycles. The van der Waals surface area contributed by atoms with E-state index in [0.29, 0.717) is 42.6 Å². The summed E-state index contributed by atoms with van der Waals surface area (Å²) in [6.07, 6.45) is 14.3. The van der Waals surface area contributed by atoms with Gasteiger partial charge in [-0.05, 0) is 43.9 Å². The van der Waals surface area contributed by atoms with Crippen molar-refractivity contribution < 1.29 is 38.0 Å². The number of hydrogen-bond acceptors (Lipinski definition) is 8. The smallest absolute Gasteiger partial charge is 0.306 e. The summed E-state index contributed by atoms with van der Waals surface area (Å²) in [5, 5.41) is 3.78. The zero-order valence-electron chi connectivity index (χ0n) is 32.9. The fraction of sp³-hybridized carbons (Fsp3) is 0.636. The molecule has 9 heteroatoms. The van der Waals surface area contributed by atoms with Gasteiger partial charge in [-0.15, -0.1) is 0 Å². The molecule has 53 heavy (non-hydrogen) atoms. The zero-order valence-corrected chi connectivity index (χ0v) is 33.7. The Balaban J connectivity index is 1.84. The molecule has 0 bridgehead atoms. The van der Waals surface area contributed by atoms with Crippen LogP contribution in [0.3, 0.4) is 0 Å². The fourth-order valence-corrected chi connectivity index (χ4v) is 6.32. The maximum atomic E-state index is 12.7. The highest BCUT2D eigenvalue weighted by molar-refractivity contribution is 6.31. The Morgan fingerprint density at radius 1 is 0.528 bits per heavy atom. The molecule has 0 aliphatic carbocycles. The molecule has 0 fully saturated rings. The van der Waals surface area contributed by atoms with Gasteiger partial charge in [0.15, 0.2) is 12.2 Å². The number of ether oxygens (including phenoxy) is 6. The molecule has 8 nitrogen and oxygen atoms in total. The van der Waals surface area contributed by atoms with Crippen molar-refractivity contribution in [1.29, 1.82) is 0 Å². The summed E-state index contributed by atoms with van der Waals surface area (Å²) in [6.45, 7) is 10.5. The van der Waals surface area contributed by atoms with Gasteiger partial charge in [-0.25, -0.2) is 0 Å². The van der Waals surface area contributed by atoms with Crippen LogP contribution < -0.4 is 9.47 Å². The molecule has 0 aromatic heterocycles. The van der Waals surface area contributed by atoms with E-state index in [1.165, 1.54) is 38.5 Å². The van der Waals surface area contributed by atoms with Crippen LogP contribution in [0.4, 0.5) is 0 Å². The average Bonchev–Trinajstić information content (AvgIpc) is 3.16. The Morgan fingerprint density at radius 3 is 1.43 bits per heavy atom. The van der Waals surface area contributed by atoms with Gasteiger partial charge in [0.1, 0.15) is 24.7 Å². The topological polar surface area (TPSA) is 89.5 Å². The molecule has 2 atom stereocenters. The number of fused-ring (bicyclic) bond motifs is 2. The predicted molar refractivity (Wildman–Crippen MR) is 215 cm³/mol. The highest BCUT2D eigenvalue weighted by Gasteiger charge is 2.22. The Morgan fingerprint density at radius 2 is 0.962 bits per heavy atom. The Hall–Kier alpha value is -3.07. The van der Waals surface area contributed by atoms with Crippen LogP contribution in [-0.4, -0.2) is 63.8 Å². The van der Waals surface area contributed by atoms with Gasteiger partial charge in [0, 0.05) is 52.6 Å². The van der Waals surface area contributed by atoms with E-state index in [9.17, 15) is 9.59 Å². The van der Waals surface area contributed by atoms with Crippen LogP contribution in [0.15, 0.2) is 42.5 Å². The van der Waals surface area contributed by atoms with Crippen molar-refractivity contribution in [3.05, 3.63) is 47.5 Å². The molecule has 3 rings (SSSR count). The maximum absolute atomic E-state index is 12.7. The summed E-state index contributed by atoms with van der Waals surface area (Å²) in [5.41, 5.74) is 0. The molecule has 3 aromatic rings. The third-order valence-corrected chi connectivity index (χ3v) is 9.41. The van der Waals surface area contributed by atoms with Crippen LogP contribution in [0.1, 0.15) is 130 Å². The number of carbonyl (C=O) groups excluding carboxylic acids is 2. The van der Waals surface area contributed by atoms with E-state index >= 15 is 0 Å². The lowest BCUT2D eigenvalue weighted by Gasteiger charge is -2.23. The first-order valence-corrected chi connectivity index (χ1v) is 20.7. The van der Waals surface area contributed by atoms with Crippen LogP contribution in [0.5, 0.6) is 11.5 Å². The molecule has 0 amide bonds. The first-order valence-electron chi connectivity index (χ1n) is 20.4. The maximum Gasteiger partial charge on any atom is 0.306 e. The highest BCUT2D eigenvalue weighted by Crippen LogP contribution is 2.44. The molecule has 0 spiro atoms. The summed E-state index contributed by atoms with van der Waals surface area (Å²) in [5.74, 6) is 0.762. The minimum atomic E-state index is -0.575. The molecule has 3 aromatic carbocycles. The van der Waals surface area contributed by atoms with Crippen molar-refractivity contribution in [1.82, 2.24) is 0 Å². The van der Waals surface area contributed by atoms with Gasteiger partial charge in [-0.3, -0.25) is 9.59 Å². The second-order valence-electron chi connectivity index (χ2n) is 13.9. The van der Waals surface area contributed by atoms with Crippen molar-refractivity contribution in [3.63, 3.8) is 0 Å². The molecule has 0 heterocycles. The lowest BCUT2D eigenvalue weighted by molar-refractivity contribution is -0.155. The second-order valence-corrected chi connectivity index (χ2v) is 14.4. The lowest BCUT2D eigenvalue weighted by Crippen LogP contribution is -2.30. The quantitative estimate of drug-likeness (QED) is 0.0377. The summed E-state index contributed by atoms with van der Waals surface area (Å²) < 4.78 is 36.9. The monoisotopic (exact) mass is 756 g/mol. The molecule has 2 unspecified atom stereocenters. The van der Waals surface area contributed by atoms with Crippen molar-refractivity contribution in [3.8, 4) is 11.5 Å². The third kappa shape index (κ3) is 16.5. The van der Waals surface area contributed by atoms with Gasteiger partial charge in [0.2, 0.25) is 0 Å². The van der Waals surface area contributed by atoms with Gasteiger partial charge < -0.3 is 28.4 Å². The molecular formula is C44H65ClO8. The lowest BCUT2D eigenvalue weighted by atomic mass is 10.0. The molecule has 0 radical (unpaired) electrons. The van der Waals surface area contributed by atoms with Crippen molar-refractivity contribution in [2.24, 2.45) is 0 Å². The van der Waals surface area contributed by atoms with Crippen molar-refractivity contribution >= 4 is 45.1 Å². The third-order valence-electron chi connectivity index (χ3n) is 9.17. The Bertz CT molecular complexity index is 1480. The number of carbonyl (C=O) groups is 2. The van der Waals surface area contributed by atoms with Crippen LogP contribution in [0, 0.1) is 0 Å². The van der Waals surface area contributed by atoms with Gasteiger partial charge in [-0.1, -0.05) is 128 Å². The highest BCUT2D eigenvalue weighted by atomic mass is 35.5. The van der Waals surface area contributed by atoms with Gasteiger partial charge in [0.25, 0.3) is 0 Å². The molecule has 0 aliphatic rings.